The van der Waals surface area contributed by atoms with E-state index < -0.39 is 0 Å². The van der Waals surface area contributed by atoms with Gasteiger partial charge in [-0.3, -0.25) is 0 Å². The summed E-state index contributed by atoms with van der Waals surface area (Å²) in [5.41, 5.74) is 0. The SMILES string of the molecule is CCCCCCC[Si][Si](C)[Si]. The van der Waals surface area contributed by atoms with Gasteiger partial charge in [0, 0.05) is 26.6 Å². The van der Waals surface area contributed by atoms with E-state index in [1.807, 2.05) is 0 Å². The molecule has 0 saturated heterocycles. The van der Waals surface area contributed by atoms with Gasteiger partial charge in [0.15, 0.2) is 0 Å². The molecule has 0 aliphatic carbocycles. The minimum absolute atomic E-state index is 0.0938. The highest BCUT2D eigenvalue weighted by Gasteiger charge is 1.96. The van der Waals surface area contributed by atoms with E-state index in [2.05, 4.69) is 23.2 Å². The zero-order valence-corrected chi connectivity index (χ0v) is 10.7. The molecule has 11 heavy (non-hydrogen) atoms. The van der Waals surface area contributed by atoms with Crippen LogP contribution in [0.4, 0.5) is 0 Å². The predicted molar refractivity (Wildman–Crippen MR) is 56.7 cm³/mol. The van der Waals surface area contributed by atoms with Crippen LogP contribution in [0.5, 0.6) is 0 Å². The lowest BCUT2D eigenvalue weighted by Gasteiger charge is -2.00. The Bertz CT molecular complexity index is 73.7. The van der Waals surface area contributed by atoms with Crippen molar-refractivity contribution in [1.82, 2.24) is 0 Å². The highest BCUT2D eigenvalue weighted by Crippen LogP contribution is 2.04. The first kappa shape index (κ1) is 11.7. The van der Waals surface area contributed by atoms with E-state index in [9.17, 15) is 0 Å². The maximum absolute atomic E-state index is 3.72. The average Bonchev–Trinajstić information content (AvgIpc) is 1.96. The molecule has 0 fully saturated rings. The van der Waals surface area contributed by atoms with Crippen LogP contribution >= 0.6 is 0 Å². The lowest BCUT2D eigenvalue weighted by atomic mass is 10.2. The lowest BCUT2D eigenvalue weighted by Crippen LogP contribution is -2.17. The fourth-order valence-corrected chi connectivity index (χ4v) is 4.59. The standard InChI is InChI=1S/C8H18Si3/c1-3-4-5-6-7-8-10-11(2)9/h3-8H2,1-2H3. The number of hydrogen-bond acceptors (Lipinski definition) is 0. The first-order valence-corrected chi connectivity index (χ1v) is 10.3. The molecule has 0 aromatic heterocycles. The summed E-state index contributed by atoms with van der Waals surface area (Å²) < 4.78 is 0. The van der Waals surface area contributed by atoms with Crippen molar-refractivity contribution in [3.63, 3.8) is 0 Å². The molecule has 0 heterocycles. The summed E-state index contributed by atoms with van der Waals surface area (Å²) in [5, 5.41) is 0. The van der Waals surface area contributed by atoms with E-state index in [-0.39, 0.29) is 7.83 Å². The van der Waals surface area contributed by atoms with E-state index in [4.69, 9.17) is 0 Å². The van der Waals surface area contributed by atoms with Gasteiger partial charge in [-0.2, -0.15) is 0 Å². The molecular weight excluding hydrogens is 180 g/mol. The quantitative estimate of drug-likeness (QED) is 0.435. The predicted octanol–water partition coefficient (Wildman–Crippen LogP) is 2.37. The van der Waals surface area contributed by atoms with E-state index >= 15 is 0 Å². The summed E-state index contributed by atoms with van der Waals surface area (Å²) in [4.78, 5) is 0. The second-order valence-corrected chi connectivity index (χ2v) is 12.1. The normalized spacial score (nSPS) is 10.9. The molecule has 3 heteroatoms. The molecule has 62 valence electrons. The van der Waals surface area contributed by atoms with Crippen molar-refractivity contribution >= 4 is 26.6 Å². The number of hydrogen-bond donors (Lipinski definition) is 0. The Balaban J connectivity index is 2.80. The van der Waals surface area contributed by atoms with E-state index in [0.717, 1.165) is 0 Å². The Morgan fingerprint density at radius 1 is 1.18 bits per heavy atom. The summed E-state index contributed by atoms with van der Waals surface area (Å²) in [6, 6.07) is 1.47. The van der Waals surface area contributed by atoms with Crippen LogP contribution in [0.3, 0.4) is 0 Å². The molecule has 0 aromatic carbocycles. The van der Waals surface area contributed by atoms with Gasteiger partial charge in [-0.15, -0.1) is 0 Å². The van der Waals surface area contributed by atoms with Crippen molar-refractivity contribution in [3.05, 3.63) is 0 Å². The van der Waals surface area contributed by atoms with Crippen LogP contribution in [0.2, 0.25) is 12.6 Å². The van der Waals surface area contributed by atoms with E-state index in [1.165, 1.54) is 47.2 Å². The molecule has 0 amide bonds. The second-order valence-electron chi connectivity index (χ2n) is 2.97. The minimum atomic E-state index is -0.0938. The van der Waals surface area contributed by atoms with Crippen LogP contribution in [0, 0.1) is 0 Å². The molecule has 0 nitrogen and oxygen atoms in total. The fraction of sp³-hybridized carbons (Fsp3) is 1.00. The topological polar surface area (TPSA) is 0 Å². The molecule has 0 N–H and O–H groups in total. The zero-order chi connectivity index (χ0) is 8.53. The molecule has 0 aromatic rings. The van der Waals surface area contributed by atoms with Gasteiger partial charge >= 0.3 is 0 Å². The van der Waals surface area contributed by atoms with Crippen LogP contribution in [0.25, 0.3) is 0 Å². The van der Waals surface area contributed by atoms with Crippen molar-refractivity contribution < 1.29 is 0 Å². The summed E-state index contributed by atoms with van der Waals surface area (Å²) in [6.45, 7) is 4.61. The summed E-state index contributed by atoms with van der Waals surface area (Å²) in [5.74, 6) is 0. The third-order valence-electron chi connectivity index (χ3n) is 1.67. The van der Waals surface area contributed by atoms with Gasteiger partial charge in [-0.25, -0.2) is 0 Å². The monoisotopic (exact) mass is 198 g/mol. The molecule has 0 bridgehead atoms. The molecule has 0 saturated carbocycles. The Labute approximate surface area is 78.6 Å². The van der Waals surface area contributed by atoms with E-state index in [1.54, 1.807) is 0 Å². The fourth-order valence-electron chi connectivity index (χ4n) is 1.00. The first-order chi connectivity index (χ1) is 5.27. The third kappa shape index (κ3) is 10.7. The van der Waals surface area contributed by atoms with E-state index in [0.29, 0.717) is 0 Å². The Morgan fingerprint density at radius 2 is 1.82 bits per heavy atom. The molecule has 0 aliphatic heterocycles. The van der Waals surface area contributed by atoms with Crippen molar-refractivity contribution in [2.45, 2.75) is 51.6 Å². The third-order valence-corrected chi connectivity index (χ3v) is 6.74. The van der Waals surface area contributed by atoms with Crippen molar-refractivity contribution in [3.8, 4) is 0 Å². The minimum Gasteiger partial charge on any atom is -0.0761 e. The van der Waals surface area contributed by atoms with Crippen LogP contribution in [-0.4, -0.2) is 26.6 Å². The van der Waals surface area contributed by atoms with Gasteiger partial charge in [0.1, 0.15) is 0 Å². The van der Waals surface area contributed by atoms with Crippen molar-refractivity contribution in [1.29, 1.82) is 0 Å². The molecule has 6 radical (unpaired) electrons. The van der Waals surface area contributed by atoms with Crippen molar-refractivity contribution in [2.24, 2.45) is 0 Å². The lowest BCUT2D eigenvalue weighted by molar-refractivity contribution is 0.656. The van der Waals surface area contributed by atoms with Crippen molar-refractivity contribution in [2.75, 3.05) is 0 Å². The molecule has 0 rings (SSSR count). The summed E-state index contributed by atoms with van der Waals surface area (Å²) in [7, 11) is 4.84. The highest BCUT2D eigenvalue weighted by atomic mass is 29.5. The molecule has 0 unspecified atom stereocenters. The van der Waals surface area contributed by atoms with Gasteiger partial charge in [0.05, 0.1) is 0 Å². The second kappa shape index (κ2) is 8.74. The maximum Gasteiger partial charge on any atom is 0.0216 e. The summed E-state index contributed by atoms with van der Waals surface area (Å²) >= 11 is 0. The number of unbranched alkanes of at least 4 members (excludes halogenated alkanes) is 4. The summed E-state index contributed by atoms with van der Waals surface area (Å²) in [6.07, 6.45) is 7.17. The smallest absolute Gasteiger partial charge is 0.0216 e. The molecule has 0 spiro atoms. The Hall–Kier alpha value is 0.651. The maximum atomic E-state index is 3.72. The highest BCUT2D eigenvalue weighted by molar-refractivity contribution is 7.34. The van der Waals surface area contributed by atoms with Crippen LogP contribution < -0.4 is 0 Å². The van der Waals surface area contributed by atoms with Gasteiger partial charge in [0.2, 0.25) is 0 Å². The zero-order valence-electron chi connectivity index (χ0n) is 7.74. The van der Waals surface area contributed by atoms with Gasteiger partial charge < -0.3 is 0 Å². The first-order valence-electron chi connectivity index (χ1n) is 4.56. The Morgan fingerprint density at radius 3 is 2.36 bits per heavy atom. The number of rotatable bonds is 7. The van der Waals surface area contributed by atoms with Gasteiger partial charge in [-0.05, 0) is 0 Å². The van der Waals surface area contributed by atoms with Crippen LogP contribution in [0.15, 0.2) is 0 Å². The Kier molecular flexibility index (Phi) is 9.26. The van der Waals surface area contributed by atoms with Gasteiger partial charge in [0.25, 0.3) is 0 Å². The van der Waals surface area contributed by atoms with Gasteiger partial charge in [-0.1, -0.05) is 51.6 Å². The largest absolute Gasteiger partial charge is 0.0761 e. The average molecular weight is 198 g/mol. The van der Waals surface area contributed by atoms with Crippen LogP contribution in [0.1, 0.15) is 39.0 Å². The molecule has 0 atom stereocenters. The molecule has 0 aliphatic rings. The van der Waals surface area contributed by atoms with Crippen LogP contribution in [-0.2, 0) is 0 Å². The molecular formula is C8H18Si3.